The molecule has 4 heteroatoms. The molecule has 2 heterocycles. The van der Waals surface area contributed by atoms with Gasteiger partial charge in [-0.05, 0) is 34.6 Å². The normalized spacial score (nSPS) is 21.0. The third-order valence-corrected chi connectivity index (χ3v) is 10.7. The number of benzene rings is 4. The minimum Gasteiger partial charge on any atom is -0.496 e. The predicted octanol–water partition coefficient (Wildman–Crippen LogP) is 9.90. The molecular weight excluding hydrogens is 569 g/mol. The number of nitrogens with zero attached hydrogens (tertiary/aromatic N) is 1. The molecule has 4 aromatic carbocycles. The van der Waals surface area contributed by atoms with Crippen molar-refractivity contribution < 1.29 is 18.4 Å². The van der Waals surface area contributed by atoms with Gasteiger partial charge in [-0.15, -0.1) is 0 Å². The van der Waals surface area contributed by atoms with E-state index < -0.39 is 10.8 Å². The van der Waals surface area contributed by atoms with Crippen LogP contribution in [0.1, 0.15) is 80.5 Å². The lowest BCUT2D eigenvalue weighted by Gasteiger charge is -2.35. The number of aromatic nitrogens is 1. The monoisotopic (exact) mass is 608 g/mol. The van der Waals surface area contributed by atoms with Gasteiger partial charge in [0.25, 0.3) is 0 Å². The average molecular weight is 609 g/mol. The lowest BCUT2D eigenvalue weighted by atomic mass is 9.67. The van der Waals surface area contributed by atoms with Crippen molar-refractivity contribution in [2.24, 2.45) is 0 Å². The van der Waals surface area contributed by atoms with Gasteiger partial charge < -0.3 is 9.47 Å². The van der Waals surface area contributed by atoms with Crippen LogP contribution in [0, 0.1) is 5.82 Å². The zero-order chi connectivity index (χ0) is 31.8. The number of rotatable bonds is 8. The lowest BCUT2D eigenvalue weighted by Crippen LogP contribution is -2.43. The Kier molecular flexibility index (Phi) is 6.51. The maximum Gasteiger partial charge on any atom is 0.221 e. The molecule has 5 aromatic rings. The van der Waals surface area contributed by atoms with Gasteiger partial charge in [0.05, 0.1) is 29.0 Å². The largest absolute Gasteiger partial charge is 0.496 e. The first kappa shape index (κ1) is 28.8. The van der Waals surface area contributed by atoms with Crippen LogP contribution in [0.25, 0.3) is 27.8 Å². The highest BCUT2D eigenvalue weighted by atomic mass is 19.1. The number of hydrogen-bond donors (Lipinski definition) is 0. The second-order valence-electron chi connectivity index (χ2n) is 13.3. The fourth-order valence-electron chi connectivity index (χ4n) is 8.55. The molecule has 0 fully saturated rings. The highest BCUT2D eigenvalue weighted by Gasteiger charge is 2.65. The van der Waals surface area contributed by atoms with E-state index in [2.05, 4.69) is 105 Å². The van der Waals surface area contributed by atoms with Crippen LogP contribution < -0.4 is 4.57 Å². The molecule has 0 saturated heterocycles. The fraction of sp³-hybridized carbons (Fsp3) is 0.262. The van der Waals surface area contributed by atoms with Gasteiger partial charge in [-0.3, -0.25) is 0 Å². The quantitative estimate of drug-likeness (QED) is 0.129. The maximum absolute atomic E-state index is 16.3. The third kappa shape index (κ3) is 3.85. The molecule has 0 spiro atoms. The van der Waals surface area contributed by atoms with E-state index in [4.69, 9.17) is 9.47 Å². The summed E-state index contributed by atoms with van der Waals surface area (Å²) >= 11 is 0. The van der Waals surface area contributed by atoms with Gasteiger partial charge in [-0.2, -0.15) is 4.57 Å². The molecule has 0 radical (unpaired) electrons. The molecule has 46 heavy (non-hydrogen) atoms. The van der Waals surface area contributed by atoms with E-state index in [0.717, 1.165) is 57.9 Å². The van der Waals surface area contributed by atoms with Gasteiger partial charge in [0.1, 0.15) is 23.4 Å². The summed E-state index contributed by atoms with van der Waals surface area (Å²) in [4.78, 5) is 0. The van der Waals surface area contributed by atoms with Crippen LogP contribution in [0.5, 0.6) is 0 Å². The van der Waals surface area contributed by atoms with Crippen LogP contribution in [-0.4, -0.2) is 7.11 Å². The van der Waals surface area contributed by atoms with Crippen LogP contribution >= 0.6 is 0 Å². The lowest BCUT2D eigenvalue weighted by molar-refractivity contribution is -0.702. The predicted molar refractivity (Wildman–Crippen MR) is 182 cm³/mol. The van der Waals surface area contributed by atoms with Gasteiger partial charge in [0, 0.05) is 35.1 Å². The second-order valence-corrected chi connectivity index (χ2v) is 13.3. The molecule has 3 aliphatic rings. The van der Waals surface area contributed by atoms with Gasteiger partial charge in [0.2, 0.25) is 5.69 Å². The molecule has 3 nitrogen and oxygen atoms in total. The van der Waals surface area contributed by atoms with Crippen molar-refractivity contribution in [3.63, 3.8) is 0 Å². The standard InChI is InChI=1S/C42H39FNO2/c1-6-32-38-40(46-34(27-17-12-9-13-18-27)25-33(45-5)26-15-10-8-11-16-26)42(38,7-2)30-21-22-31(43)37-36(30)39-35-28(23-24-44(32)39)19-14-20-29(35)41(37,3)4/h8-25,32,34H,6-7H2,1-5H3/q+1. The molecule has 0 amide bonds. The van der Waals surface area contributed by atoms with Crippen molar-refractivity contribution in [2.45, 2.75) is 63.5 Å². The number of allylic oxidation sites excluding steroid dienone is 2. The molecule has 230 valence electrons. The smallest absolute Gasteiger partial charge is 0.221 e. The highest BCUT2D eigenvalue weighted by molar-refractivity contribution is 6.01. The number of methoxy groups -OCH3 is 1. The van der Waals surface area contributed by atoms with E-state index in [1.54, 1.807) is 13.2 Å². The maximum atomic E-state index is 16.3. The van der Waals surface area contributed by atoms with Crippen LogP contribution in [0.4, 0.5) is 4.39 Å². The summed E-state index contributed by atoms with van der Waals surface area (Å²) in [6.07, 6.45) is 5.64. The Balaban J connectivity index is 1.38. The summed E-state index contributed by atoms with van der Waals surface area (Å²) in [5.74, 6) is 1.61. The average Bonchev–Trinajstić information content (AvgIpc) is 3.74. The van der Waals surface area contributed by atoms with E-state index in [1.807, 2.05) is 30.3 Å². The molecule has 0 N–H and O–H groups in total. The Bertz CT molecular complexity index is 2080. The second kappa shape index (κ2) is 10.4. The van der Waals surface area contributed by atoms with E-state index in [0.29, 0.717) is 0 Å². The topological polar surface area (TPSA) is 22.3 Å². The molecular formula is C42H39FNO2+. The number of hydrogen-bond acceptors (Lipinski definition) is 2. The summed E-state index contributed by atoms with van der Waals surface area (Å²) in [5.41, 5.74) is 7.70. The molecule has 0 bridgehead atoms. The van der Waals surface area contributed by atoms with Crippen LogP contribution in [0.15, 0.2) is 121 Å². The summed E-state index contributed by atoms with van der Waals surface area (Å²) < 4.78 is 31.9. The Morgan fingerprint density at radius 3 is 2.33 bits per heavy atom. The van der Waals surface area contributed by atoms with Crippen LogP contribution in [0.2, 0.25) is 0 Å². The summed E-state index contributed by atoms with van der Waals surface area (Å²) in [5, 5.41) is 2.43. The van der Waals surface area contributed by atoms with E-state index >= 15 is 4.39 Å². The third-order valence-electron chi connectivity index (χ3n) is 10.7. The molecule has 0 saturated carbocycles. The minimum absolute atomic E-state index is 0.0725. The van der Waals surface area contributed by atoms with E-state index in [9.17, 15) is 0 Å². The number of halogens is 1. The van der Waals surface area contributed by atoms with Crippen molar-refractivity contribution in [1.29, 1.82) is 0 Å². The first-order valence-electron chi connectivity index (χ1n) is 16.5. The highest BCUT2D eigenvalue weighted by Crippen LogP contribution is 2.67. The Labute approximate surface area is 270 Å². The number of ether oxygens (including phenoxy) is 2. The van der Waals surface area contributed by atoms with Crippen molar-refractivity contribution in [2.75, 3.05) is 7.11 Å². The van der Waals surface area contributed by atoms with E-state index in [1.165, 1.54) is 21.9 Å². The first-order valence-corrected chi connectivity index (χ1v) is 16.5. The SMILES string of the molecule is CCC1C2=C(OC(C=C(OC)c3ccccc3)c3ccccc3)C2(CC)c2ccc(F)c3c2-c2c4c(cccc4cc[n+]21)C3(C)C. The Hall–Kier alpha value is -4.70. The number of pyridine rings is 1. The summed E-state index contributed by atoms with van der Waals surface area (Å²) in [6, 6.07) is 33.0. The van der Waals surface area contributed by atoms with Crippen molar-refractivity contribution >= 4 is 16.5 Å². The Morgan fingerprint density at radius 1 is 0.891 bits per heavy atom. The fourth-order valence-corrected chi connectivity index (χ4v) is 8.55. The van der Waals surface area contributed by atoms with Gasteiger partial charge in [-0.25, -0.2) is 4.39 Å². The van der Waals surface area contributed by atoms with Gasteiger partial charge in [-0.1, -0.05) is 113 Å². The zero-order valence-corrected chi connectivity index (χ0v) is 27.1. The van der Waals surface area contributed by atoms with Crippen molar-refractivity contribution in [3.05, 3.63) is 154 Å². The Morgan fingerprint density at radius 2 is 1.63 bits per heavy atom. The zero-order valence-electron chi connectivity index (χ0n) is 27.1. The van der Waals surface area contributed by atoms with Crippen molar-refractivity contribution in [1.82, 2.24) is 0 Å². The number of fused-ring (bicyclic) bond motifs is 2. The first-order chi connectivity index (χ1) is 22.4. The molecule has 2 aliphatic carbocycles. The molecule has 3 atom stereocenters. The molecule has 1 aromatic heterocycles. The summed E-state index contributed by atoms with van der Waals surface area (Å²) in [7, 11) is 1.71. The minimum atomic E-state index is -0.503. The van der Waals surface area contributed by atoms with Crippen molar-refractivity contribution in [3.8, 4) is 11.3 Å². The van der Waals surface area contributed by atoms with Gasteiger partial charge in [0.15, 0.2) is 12.2 Å². The molecule has 8 rings (SSSR count). The van der Waals surface area contributed by atoms with Crippen LogP contribution in [-0.2, 0) is 20.3 Å². The molecule has 3 unspecified atom stereocenters. The molecule has 1 aliphatic heterocycles. The van der Waals surface area contributed by atoms with E-state index in [-0.39, 0.29) is 18.0 Å². The van der Waals surface area contributed by atoms with Crippen LogP contribution in [0.3, 0.4) is 0 Å². The van der Waals surface area contributed by atoms with Gasteiger partial charge >= 0.3 is 0 Å². The summed E-state index contributed by atoms with van der Waals surface area (Å²) in [6.45, 7) is 8.84.